The molecule has 5 nitrogen and oxygen atoms in total. The van der Waals surface area contributed by atoms with E-state index in [1.54, 1.807) is 14.2 Å². The fraction of sp³-hybridized carbons (Fsp3) is 0.526. The molecule has 0 bridgehead atoms. The van der Waals surface area contributed by atoms with E-state index in [9.17, 15) is 0 Å². The first kappa shape index (κ1) is 16.8. The molecule has 0 aliphatic carbocycles. The lowest BCUT2D eigenvalue weighted by Gasteiger charge is -2.22. The van der Waals surface area contributed by atoms with Gasteiger partial charge in [-0.3, -0.25) is 0 Å². The molecule has 24 heavy (non-hydrogen) atoms. The Morgan fingerprint density at radius 3 is 2.42 bits per heavy atom. The molecule has 1 aliphatic heterocycles. The summed E-state index contributed by atoms with van der Waals surface area (Å²) in [4.78, 5) is 7.38. The Labute approximate surface area is 144 Å². The molecule has 2 aromatic rings. The first-order valence-corrected chi connectivity index (χ1v) is 8.67. The molecule has 0 atom stereocenters. The molecule has 1 N–H and O–H groups in total. The van der Waals surface area contributed by atoms with Gasteiger partial charge in [-0.1, -0.05) is 13.8 Å². The highest BCUT2D eigenvalue weighted by atomic mass is 16.5. The van der Waals surface area contributed by atoms with E-state index in [1.165, 1.54) is 18.4 Å². The second-order valence-corrected chi connectivity index (χ2v) is 6.57. The van der Waals surface area contributed by atoms with Crippen molar-refractivity contribution < 1.29 is 9.47 Å². The van der Waals surface area contributed by atoms with Crippen LogP contribution in [0.25, 0.3) is 10.9 Å². The molecule has 0 amide bonds. The van der Waals surface area contributed by atoms with Gasteiger partial charge in [0.2, 0.25) is 0 Å². The molecule has 1 aromatic heterocycles. The Morgan fingerprint density at radius 2 is 1.79 bits per heavy atom. The minimum atomic E-state index is 0.430. The molecular formula is C19H27N3O2. The summed E-state index contributed by atoms with van der Waals surface area (Å²) < 4.78 is 11.1. The van der Waals surface area contributed by atoms with Crippen LogP contribution < -0.4 is 19.7 Å². The number of aromatic nitrogens is 1. The first-order chi connectivity index (χ1) is 11.6. The molecule has 1 fully saturated rings. The van der Waals surface area contributed by atoms with Crippen LogP contribution in [0.2, 0.25) is 0 Å². The van der Waals surface area contributed by atoms with Gasteiger partial charge in [0.05, 0.1) is 14.2 Å². The van der Waals surface area contributed by atoms with Gasteiger partial charge in [-0.05, 0) is 31.0 Å². The van der Waals surface area contributed by atoms with Gasteiger partial charge in [-0.25, -0.2) is 4.98 Å². The highest BCUT2D eigenvalue weighted by molar-refractivity contribution is 5.92. The standard InChI is InChI=1S/C19H27N3O2/c1-13(2)20-12-14-11-15-16(23-3)7-8-17(24-4)18(15)21-19(14)22-9-5-6-10-22/h7-8,11,13,20H,5-6,9-10,12H2,1-4H3. The second kappa shape index (κ2) is 7.26. The summed E-state index contributed by atoms with van der Waals surface area (Å²) >= 11 is 0. The van der Waals surface area contributed by atoms with Crippen molar-refractivity contribution in [3.05, 3.63) is 23.8 Å². The highest BCUT2D eigenvalue weighted by Gasteiger charge is 2.20. The summed E-state index contributed by atoms with van der Waals surface area (Å²) in [5.74, 6) is 2.69. The minimum Gasteiger partial charge on any atom is -0.496 e. The predicted octanol–water partition coefficient (Wildman–Crippen LogP) is 3.35. The third-order valence-corrected chi connectivity index (χ3v) is 4.51. The van der Waals surface area contributed by atoms with Gasteiger partial charge in [0.1, 0.15) is 22.8 Å². The fourth-order valence-electron chi connectivity index (χ4n) is 3.23. The van der Waals surface area contributed by atoms with Crippen molar-refractivity contribution in [1.29, 1.82) is 0 Å². The second-order valence-electron chi connectivity index (χ2n) is 6.57. The number of ether oxygens (including phenoxy) is 2. The van der Waals surface area contributed by atoms with Gasteiger partial charge in [0.15, 0.2) is 0 Å². The van der Waals surface area contributed by atoms with Crippen LogP contribution in [0.1, 0.15) is 32.3 Å². The zero-order chi connectivity index (χ0) is 17.1. The van der Waals surface area contributed by atoms with Crippen molar-refractivity contribution in [2.24, 2.45) is 0 Å². The maximum atomic E-state index is 5.54. The normalized spacial score (nSPS) is 14.6. The van der Waals surface area contributed by atoms with Crippen molar-refractivity contribution >= 4 is 16.7 Å². The van der Waals surface area contributed by atoms with Gasteiger partial charge in [-0.15, -0.1) is 0 Å². The number of fused-ring (bicyclic) bond motifs is 1. The highest BCUT2D eigenvalue weighted by Crippen LogP contribution is 2.36. The molecule has 0 unspecified atom stereocenters. The maximum Gasteiger partial charge on any atom is 0.145 e. The third-order valence-electron chi connectivity index (χ3n) is 4.51. The van der Waals surface area contributed by atoms with Crippen molar-refractivity contribution in [2.75, 3.05) is 32.2 Å². The zero-order valence-corrected chi connectivity index (χ0v) is 15.1. The monoisotopic (exact) mass is 329 g/mol. The summed E-state index contributed by atoms with van der Waals surface area (Å²) in [5.41, 5.74) is 2.08. The fourth-order valence-corrected chi connectivity index (χ4v) is 3.23. The van der Waals surface area contributed by atoms with Crippen LogP contribution in [-0.4, -0.2) is 38.3 Å². The molecule has 5 heteroatoms. The quantitative estimate of drug-likeness (QED) is 0.880. The van der Waals surface area contributed by atoms with E-state index in [1.807, 2.05) is 12.1 Å². The van der Waals surface area contributed by atoms with Crippen LogP contribution in [0, 0.1) is 0 Å². The van der Waals surface area contributed by atoms with E-state index in [-0.39, 0.29) is 0 Å². The summed E-state index contributed by atoms with van der Waals surface area (Å²) in [6.07, 6.45) is 2.46. The number of hydrogen-bond donors (Lipinski definition) is 1. The van der Waals surface area contributed by atoms with Crippen LogP contribution in [0.3, 0.4) is 0 Å². The molecule has 0 radical (unpaired) electrons. The molecule has 3 rings (SSSR count). The third kappa shape index (κ3) is 3.26. The summed E-state index contributed by atoms with van der Waals surface area (Å²) in [6.45, 7) is 7.26. The largest absolute Gasteiger partial charge is 0.496 e. The van der Waals surface area contributed by atoms with Gasteiger partial charge >= 0.3 is 0 Å². The smallest absolute Gasteiger partial charge is 0.145 e. The molecular weight excluding hydrogens is 302 g/mol. The number of nitrogens with one attached hydrogen (secondary N) is 1. The molecule has 130 valence electrons. The predicted molar refractivity (Wildman–Crippen MR) is 98.3 cm³/mol. The lowest BCUT2D eigenvalue weighted by Crippen LogP contribution is -2.26. The van der Waals surface area contributed by atoms with Crippen molar-refractivity contribution in [2.45, 2.75) is 39.3 Å². The number of anilines is 1. The maximum absolute atomic E-state index is 5.54. The van der Waals surface area contributed by atoms with Crippen LogP contribution in [0.5, 0.6) is 11.5 Å². The molecule has 2 heterocycles. The summed E-state index contributed by atoms with van der Waals surface area (Å²) in [5, 5.41) is 4.52. The number of methoxy groups -OCH3 is 2. The van der Waals surface area contributed by atoms with Gasteiger partial charge in [-0.2, -0.15) is 0 Å². The number of pyridine rings is 1. The summed E-state index contributed by atoms with van der Waals surface area (Å²) in [7, 11) is 3.38. The zero-order valence-electron chi connectivity index (χ0n) is 15.1. The first-order valence-electron chi connectivity index (χ1n) is 8.67. The number of benzene rings is 1. The Kier molecular flexibility index (Phi) is 5.09. The number of rotatable bonds is 6. The average molecular weight is 329 g/mol. The Balaban J connectivity index is 2.15. The molecule has 0 spiro atoms. The van der Waals surface area contributed by atoms with Crippen LogP contribution in [-0.2, 0) is 6.54 Å². The van der Waals surface area contributed by atoms with E-state index in [4.69, 9.17) is 14.5 Å². The molecule has 0 saturated carbocycles. The van der Waals surface area contributed by atoms with Crippen LogP contribution in [0.4, 0.5) is 5.82 Å². The summed E-state index contributed by atoms with van der Waals surface area (Å²) in [6, 6.07) is 6.50. The van der Waals surface area contributed by atoms with E-state index in [0.29, 0.717) is 6.04 Å². The van der Waals surface area contributed by atoms with Gasteiger partial charge < -0.3 is 19.7 Å². The van der Waals surface area contributed by atoms with Crippen molar-refractivity contribution in [1.82, 2.24) is 10.3 Å². The topological polar surface area (TPSA) is 46.6 Å². The van der Waals surface area contributed by atoms with Crippen LogP contribution in [0.15, 0.2) is 18.2 Å². The lowest BCUT2D eigenvalue weighted by atomic mass is 10.1. The number of hydrogen-bond acceptors (Lipinski definition) is 5. The van der Waals surface area contributed by atoms with Gasteiger partial charge in [0, 0.05) is 36.6 Å². The minimum absolute atomic E-state index is 0.430. The van der Waals surface area contributed by atoms with E-state index in [2.05, 4.69) is 30.1 Å². The lowest BCUT2D eigenvalue weighted by molar-refractivity contribution is 0.409. The van der Waals surface area contributed by atoms with Crippen molar-refractivity contribution in [3.63, 3.8) is 0 Å². The molecule has 1 aliphatic rings. The van der Waals surface area contributed by atoms with E-state index >= 15 is 0 Å². The van der Waals surface area contributed by atoms with Gasteiger partial charge in [0.25, 0.3) is 0 Å². The van der Waals surface area contributed by atoms with Crippen LogP contribution >= 0.6 is 0 Å². The molecule has 1 saturated heterocycles. The van der Waals surface area contributed by atoms with E-state index < -0.39 is 0 Å². The Hall–Kier alpha value is -2.01. The average Bonchev–Trinajstić information content (AvgIpc) is 3.12. The molecule has 1 aromatic carbocycles. The Bertz CT molecular complexity index is 709. The number of nitrogens with zero attached hydrogens (tertiary/aromatic N) is 2. The van der Waals surface area contributed by atoms with Crippen molar-refractivity contribution in [3.8, 4) is 11.5 Å². The SMILES string of the molecule is COc1ccc(OC)c2nc(N3CCCC3)c(CNC(C)C)cc12. The Morgan fingerprint density at radius 1 is 1.12 bits per heavy atom. The van der Waals surface area contributed by atoms with E-state index in [0.717, 1.165) is 47.9 Å².